The maximum atomic E-state index is 13.1. The number of rotatable bonds is 6. The van der Waals surface area contributed by atoms with Crippen LogP contribution in [0, 0.1) is 0 Å². The zero-order valence-electron chi connectivity index (χ0n) is 8.66. The maximum Gasteiger partial charge on any atom is 0.341 e. The van der Waals surface area contributed by atoms with Gasteiger partial charge in [-0.2, -0.15) is 0 Å². The lowest BCUT2D eigenvalue weighted by Gasteiger charge is -2.14. The fourth-order valence-electron chi connectivity index (χ4n) is 0.924. The van der Waals surface area contributed by atoms with Crippen LogP contribution < -0.4 is 0 Å². The van der Waals surface area contributed by atoms with Crippen molar-refractivity contribution in [3.8, 4) is 0 Å². The van der Waals surface area contributed by atoms with E-state index < -0.39 is 25.7 Å². The van der Waals surface area contributed by atoms with E-state index in [2.05, 4.69) is 4.74 Å². The van der Waals surface area contributed by atoms with Gasteiger partial charge < -0.3 is 9.26 Å². The lowest BCUT2D eigenvalue weighted by atomic mass is 10.4. The van der Waals surface area contributed by atoms with E-state index in [0.717, 1.165) is 0 Å². The minimum absolute atomic E-state index is 0.113. The molecule has 0 N–H and O–H groups in total. The largest absolute Gasteiger partial charge is 0.464 e. The molecular formula is C8H16FO4P. The third kappa shape index (κ3) is 5.35. The fraction of sp³-hybridized carbons (Fsp3) is 0.875. The van der Waals surface area contributed by atoms with Crippen molar-refractivity contribution in [2.75, 3.05) is 26.0 Å². The summed E-state index contributed by atoms with van der Waals surface area (Å²) in [7, 11) is -3.00. The van der Waals surface area contributed by atoms with Crippen LogP contribution >= 0.6 is 7.37 Å². The third-order valence-corrected chi connectivity index (χ3v) is 3.22. The van der Waals surface area contributed by atoms with Crippen LogP contribution in [-0.2, 0) is 18.6 Å². The van der Waals surface area contributed by atoms with E-state index in [1.165, 1.54) is 6.66 Å². The number of carbonyl (C=O) groups is 1. The van der Waals surface area contributed by atoms with E-state index in [0.29, 0.717) is 0 Å². The molecule has 0 spiro atoms. The summed E-state index contributed by atoms with van der Waals surface area (Å²) in [5, 5.41) is 0. The van der Waals surface area contributed by atoms with Gasteiger partial charge in [-0.25, -0.2) is 9.18 Å². The number of hydrogen-bond donors (Lipinski definition) is 0. The van der Waals surface area contributed by atoms with Crippen molar-refractivity contribution >= 4 is 13.3 Å². The Balaban J connectivity index is 4.10. The smallest absolute Gasteiger partial charge is 0.341 e. The number of alkyl halides is 1. The first-order valence-electron chi connectivity index (χ1n) is 4.44. The topological polar surface area (TPSA) is 52.6 Å². The van der Waals surface area contributed by atoms with Gasteiger partial charge in [0.1, 0.15) is 0 Å². The zero-order valence-corrected chi connectivity index (χ0v) is 9.55. The van der Waals surface area contributed by atoms with Crippen molar-refractivity contribution < 1.29 is 23.0 Å². The monoisotopic (exact) mass is 226 g/mol. The number of hydrogen-bond acceptors (Lipinski definition) is 4. The molecule has 0 radical (unpaired) electrons. The number of ether oxygens (including phenoxy) is 1. The van der Waals surface area contributed by atoms with Crippen LogP contribution in [0.3, 0.4) is 0 Å². The molecule has 0 saturated carbocycles. The summed E-state index contributed by atoms with van der Waals surface area (Å²) in [5.74, 6) is -0.978. The van der Waals surface area contributed by atoms with Crippen molar-refractivity contribution in [2.45, 2.75) is 20.0 Å². The standard InChI is InChI=1S/C8H16FO4P/c1-4-12-8(10)7(9)6-14(3,11)13-5-2/h7H,4-6H2,1-3H3. The predicted molar refractivity (Wildman–Crippen MR) is 51.6 cm³/mol. The van der Waals surface area contributed by atoms with Gasteiger partial charge in [0.15, 0.2) is 0 Å². The van der Waals surface area contributed by atoms with Crippen molar-refractivity contribution in [3.05, 3.63) is 0 Å². The highest BCUT2D eigenvalue weighted by Crippen LogP contribution is 2.43. The number of carbonyl (C=O) groups excluding carboxylic acids is 1. The van der Waals surface area contributed by atoms with Gasteiger partial charge in [-0.05, 0) is 13.8 Å². The zero-order chi connectivity index (χ0) is 11.2. The van der Waals surface area contributed by atoms with Gasteiger partial charge in [-0.3, -0.25) is 4.57 Å². The highest BCUT2D eigenvalue weighted by molar-refractivity contribution is 7.58. The second-order valence-corrected chi connectivity index (χ2v) is 5.49. The minimum Gasteiger partial charge on any atom is -0.464 e. The molecule has 0 aliphatic heterocycles. The summed E-state index contributed by atoms with van der Waals surface area (Å²) in [6.07, 6.45) is -2.28. The highest BCUT2D eigenvalue weighted by atomic mass is 31.2. The third-order valence-electron chi connectivity index (χ3n) is 1.44. The van der Waals surface area contributed by atoms with Gasteiger partial charge in [-0.1, -0.05) is 0 Å². The SMILES string of the molecule is CCOC(=O)C(F)CP(C)(=O)OCC. The van der Waals surface area contributed by atoms with Gasteiger partial charge in [0.25, 0.3) is 0 Å². The maximum absolute atomic E-state index is 13.1. The normalized spacial score (nSPS) is 17.1. The first-order valence-corrected chi connectivity index (χ1v) is 6.70. The average molecular weight is 226 g/mol. The lowest BCUT2D eigenvalue weighted by molar-refractivity contribution is -0.148. The van der Waals surface area contributed by atoms with Crippen LogP contribution in [0.5, 0.6) is 0 Å². The summed E-state index contributed by atoms with van der Waals surface area (Å²) >= 11 is 0. The fourth-order valence-corrected chi connectivity index (χ4v) is 2.31. The summed E-state index contributed by atoms with van der Waals surface area (Å²) in [6.45, 7) is 4.90. The van der Waals surface area contributed by atoms with Crippen molar-refractivity contribution in [2.24, 2.45) is 0 Å². The van der Waals surface area contributed by atoms with E-state index in [1.807, 2.05) is 0 Å². The Morgan fingerprint density at radius 3 is 2.43 bits per heavy atom. The summed E-state index contributed by atoms with van der Waals surface area (Å²) < 4.78 is 33.8. The molecule has 0 fully saturated rings. The van der Waals surface area contributed by atoms with Gasteiger partial charge in [0.05, 0.1) is 19.4 Å². The Morgan fingerprint density at radius 1 is 1.43 bits per heavy atom. The Hall–Kier alpha value is -0.410. The van der Waals surface area contributed by atoms with Gasteiger partial charge in [0, 0.05) is 6.66 Å². The summed E-state index contributed by atoms with van der Waals surface area (Å²) in [6, 6.07) is 0. The Labute approximate surface area is 83.2 Å². The molecule has 6 heteroatoms. The molecule has 0 heterocycles. The van der Waals surface area contributed by atoms with E-state index in [9.17, 15) is 13.8 Å². The molecular weight excluding hydrogens is 210 g/mol. The van der Waals surface area contributed by atoms with Crippen LogP contribution in [0.25, 0.3) is 0 Å². The molecule has 0 rings (SSSR count). The van der Waals surface area contributed by atoms with Crippen LogP contribution in [0.15, 0.2) is 0 Å². The van der Waals surface area contributed by atoms with E-state index in [1.54, 1.807) is 13.8 Å². The first-order chi connectivity index (χ1) is 6.43. The second kappa shape index (κ2) is 6.14. The molecule has 0 aromatic heterocycles. The molecule has 84 valence electrons. The van der Waals surface area contributed by atoms with Crippen LogP contribution in [0.4, 0.5) is 4.39 Å². The molecule has 0 saturated heterocycles. The van der Waals surface area contributed by atoms with Gasteiger partial charge in [-0.15, -0.1) is 0 Å². The molecule has 0 amide bonds. The van der Waals surface area contributed by atoms with Crippen molar-refractivity contribution in [3.63, 3.8) is 0 Å². The summed E-state index contributed by atoms with van der Waals surface area (Å²) in [5.41, 5.74) is 0. The Morgan fingerprint density at radius 2 is 2.00 bits per heavy atom. The average Bonchev–Trinajstić information content (AvgIpc) is 2.03. The molecule has 4 nitrogen and oxygen atoms in total. The van der Waals surface area contributed by atoms with Crippen LogP contribution in [-0.4, -0.2) is 38.2 Å². The summed E-state index contributed by atoms with van der Waals surface area (Å²) in [4.78, 5) is 10.9. The van der Waals surface area contributed by atoms with Crippen molar-refractivity contribution in [1.29, 1.82) is 0 Å². The molecule has 2 atom stereocenters. The molecule has 14 heavy (non-hydrogen) atoms. The Bertz CT molecular complexity index is 231. The minimum atomic E-state index is -3.00. The van der Waals surface area contributed by atoms with E-state index in [4.69, 9.17) is 4.52 Å². The molecule has 0 aliphatic rings. The van der Waals surface area contributed by atoms with Crippen LogP contribution in [0.1, 0.15) is 13.8 Å². The van der Waals surface area contributed by atoms with E-state index >= 15 is 0 Å². The molecule has 2 unspecified atom stereocenters. The van der Waals surface area contributed by atoms with Crippen molar-refractivity contribution in [1.82, 2.24) is 0 Å². The number of halogens is 1. The second-order valence-electron chi connectivity index (χ2n) is 2.83. The molecule has 0 bridgehead atoms. The first kappa shape index (κ1) is 13.6. The molecule has 0 aromatic rings. The molecule has 0 aliphatic carbocycles. The van der Waals surface area contributed by atoms with Crippen LogP contribution in [0.2, 0.25) is 0 Å². The predicted octanol–water partition coefficient (Wildman–Crippen LogP) is 1.83. The molecule has 0 aromatic carbocycles. The van der Waals surface area contributed by atoms with Gasteiger partial charge >= 0.3 is 5.97 Å². The van der Waals surface area contributed by atoms with E-state index in [-0.39, 0.29) is 13.2 Å². The van der Waals surface area contributed by atoms with Gasteiger partial charge in [0.2, 0.25) is 13.5 Å². The number of esters is 1. The lowest BCUT2D eigenvalue weighted by Crippen LogP contribution is -2.23. The highest BCUT2D eigenvalue weighted by Gasteiger charge is 2.28. The quantitative estimate of drug-likeness (QED) is 0.512. The Kier molecular flexibility index (Phi) is 5.96.